The van der Waals surface area contributed by atoms with E-state index in [-0.39, 0.29) is 24.3 Å². The molecule has 0 aliphatic carbocycles. The van der Waals surface area contributed by atoms with Crippen LogP contribution in [0.1, 0.15) is 27.7 Å². The van der Waals surface area contributed by atoms with Crippen molar-refractivity contribution in [2.24, 2.45) is 0 Å². The van der Waals surface area contributed by atoms with Crippen molar-refractivity contribution in [3.63, 3.8) is 0 Å². The molecular formula is C21H25FN4O4. The van der Waals surface area contributed by atoms with E-state index < -0.39 is 17.0 Å². The summed E-state index contributed by atoms with van der Waals surface area (Å²) >= 11 is 0. The maximum atomic E-state index is 13.4. The van der Waals surface area contributed by atoms with E-state index in [9.17, 15) is 14.3 Å². The van der Waals surface area contributed by atoms with E-state index in [1.165, 1.54) is 29.0 Å². The van der Waals surface area contributed by atoms with Crippen LogP contribution in [0.2, 0.25) is 0 Å². The molecule has 0 amide bonds. The van der Waals surface area contributed by atoms with Gasteiger partial charge in [-0.25, -0.2) is 19.2 Å². The average Bonchev–Trinajstić information content (AvgIpc) is 3.02. The summed E-state index contributed by atoms with van der Waals surface area (Å²) < 4.78 is 25.5. The van der Waals surface area contributed by atoms with Crippen molar-refractivity contribution in [3.05, 3.63) is 52.8 Å². The molecular weight excluding hydrogens is 391 g/mol. The molecule has 0 spiro atoms. The van der Waals surface area contributed by atoms with Gasteiger partial charge in [0.05, 0.1) is 22.9 Å². The first-order chi connectivity index (χ1) is 14.2. The molecule has 0 fully saturated rings. The number of aliphatic hydroxyl groups is 1. The first kappa shape index (κ1) is 21.7. The lowest BCUT2D eigenvalue weighted by molar-refractivity contribution is 0.0314. The van der Waals surface area contributed by atoms with Gasteiger partial charge in [0.2, 0.25) is 5.95 Å². The minimum absolute atomic E-state index is 0.00903. The van der Waals surface area contributed by atoms with Crippen molar-refractivity contribution in [1.82, 2.24) is 14.7 Å². The Hall–Kier alpha value is -3.04. The number of hydrogen-bond donors (Lipinski definition) is 2. The third kappa shape index (κ3) is 4.74. The highest BCUT2D eigenvalue weighted by Gasteiger charge is 2.25. The zero-order valence-corrected chi connectivity index (χ0v) is 17.3. The maximum absolute atomic E-state index is 13.4. The molecule has 0 saturated carbocycles. The number of nitrogens with one attached hydrogen (secondary N) is 1. The van der Waals surface area contributed by atoms with Crippen LogP contribution in [0, 0.1) is 5.82 Å². The van der Waals surface area contributed by atoms with E-state index in [0.29, 0.717) is 23.6 Å². The highest BCUT2D eigenvalue weighted by atomic mass is 19.1. The molecule has 2 N–H and O–H groups in total. The maximum Gasteiger partial charge on any atom is 0.366 e. The van der Waals surface area contributed by atoms with Crippen molar-refractivity contribution < 1.29 is 18.8 Å². The van der Waals surface area contributed by atoms with E-state index >= 15 is 0 Å². The van der Waals surface area contributed by atoms with Crippen LogP contribution in [-0.4, -0.2) is 38.1 Å². The van der Waals surface area contributed by atoms with Gasteiger partial charge in [0.1, 0.15) is 11.5 Å². The quantitative estimate of drug-likeness (QED) is 0.581. The van der Waals surface area contributed by atoms with Crippen LogP contribution < -0.4 is 10.9 Å². The van der Waals surface area contributed by atoms with E-state index in [2.05, 4.69) is 15.3 Å². The van der Waals surface area contributed by atoms with E-state index in [0.717, 1.165) is 0 Å². The van der Waals surface area contributed by atoms with E-state index in [1.807, 2.05) is 13.8 Å². The summed E-state index contributed by atoms with van der Waals surface area (Å²) in [5, 5.41) is 13.2. The largest absolute Gasteiger partial charge is 0.388 e. The van der Waals surface area contributed by atoms with Crippen molar-refractivity contribution in [2.75, 3.05) is 11.9 Å². The van der Waals surface area contributed by atoms with E-state index in [4.69, 9.17) is 9.26 Å². The van der Waals surface area contributed by atoms with Crippen LogP contribution in [-0.2, 0) is 11.5 Å². The molecule has 3 aromatic rings. The number of aromatic nitrogens is 3. The first-order valence-corrected chi connectivity index (χ1v) is 9.60. The zero-order valence-electron chi connectivity index (χ0n) is 17.3. The van der Waals surface area contributed by atoms with Crippen molar-refractivity contribution in [3.8, 4) is 22.5 Å². The fraction of sp³-hybridized carbons (Fsp3) is 0.381. The molecule has 2 heterocycles. The molecule has 30 heavy (non-hydrogen) atoms. The Morgan fingerprint density at radius 3 is 2.63 bits per heavy atom. The molecule has 0 aliphatic rings. The monoisotopic (exact) mass is 416 g/mol. The van der Waals surface area contributed by atoms with Crippen LogP contribution >= 0.6 is 0 Å². The second-order valence-electron chi connectivity index (χ2n) is 7.39. The van der Waals surface area contributed by atoms with Gasteiger partial charge in [-0.3, -0.25) is 0 Å². The van der Waals surface area contributed by atoms with Crippen LogP contribution in [0.25, 0.3) is 22.5 Å². The fourth-order valence-corrected chi connectivity index (χ4v) is 2.74. The Kier molecular flexibility index (Phi) is 6.33. The SMILES string of the molecule is CCOCn1oc(=O)c(-c2ccc(F)cc2)c1-c1ccnc(N[C@@H](C)C(C)(C)O)n1. The van der Waals surface area contributed by atoms with Crippen LogP contribution in [0.4, 0.5) is 10.3 Å². The molecule has 9 heteroatoms. The molecule has 0 aliphatic heterocycles. The number of ether oxygens (including phenoxy) is 1. The van der Waals surface area contributed by atoms with Gasteiger partial charge < -0.3 is 19.7 Å². The van der Waals surface area contributed by atoms with Crippen LogP contribution in [0.15, 0.2) is 45.8 Å². The molecule has 2 aromatic heterocycles. The predicted octanol–water partition coefficient (Wildman–Crippen LogP) is 3.27. The average molecular weight is 416 g/mol. The summed E-state index contributed by atoms with van der Waals surface area (Å²) in [5.41, 5.74) is -0.0370. The number of benzene rings is 1. The highest BCUT2D eigenvalue weighted by molar-refractivity contribution is 5.78. The minimum atomic E-state index is -0.995. The van der Waals surface area contributed by atoms with Crippen molar-refractivity contribution in [2.45, 2.75) is 46.1 Å². The molecule has 1 atom stereocenters. The molecule has 8 nitrogen and oxygen atoms in total. The summed E-state index contributed by atoms with van der Waals surface area (Å²) in [6.07, 6.45) is 1.54. The number of anilines is 1. The van der Waals surface area contributed by atoms with Gasteiger partial charge in [-0.1, -0.05) is 12.1 Å². The Morgan fingerprint density at radius 2 is 2.00 bits per heavy atom. The summed E-state index contributed by atoms with van der Waals surface area (Å²) in [7, 11) is 0. The molecule has 0 bridgehead atoms. The molecule has 3 rings (SSSR count). The lowest BCUT2D eigenvalue weighted by Crippen LogP contribution is -2.39. The second-order valence-corrected chi connectivity index (χ2v) is 7.39. The van der Waals surface area contributed by atoms with Gasteiger partial charge in [-0.15, -0.1) is 0 Å². The number of halogens is 1. The molecule has 1 aromatic carbocycles. The smallest absolute Gasteiger partial charge is 0.366 e. The predicted molar refractivity (Wildman–Crippen MR) is 110 cm³/mol. The van der Waals surface area contributed by atoms with E-state index in [1.54, 1.807) is 26.1 Å². The van der Waals surface area contributed by atoms with Gasteiger partial charge in [-0.2, -0.15) is 4.74 Å². The third-order valence-corrected chi connectivity index (χ3v) is 4.73. The first-order valence-electron chi connectivity index (χ1n) is 9.60. The highest BCUT2D eigenvalue weighted by Crippen LogP contribution is 2.30. The Morgan fingerprint density at radius 1 is 1.30 bits per heavy atom. The van der Waals surface area contributed by atoms with Gasteiger partial charge in [0.25, 0.3) is 0 Å². The summed E-state index contributed by atoms with van der Waals surface area (Å²) in [6.45, 7) is 7.42. The molecule has 0 unspecified atom stereocenters. The lowest BCUT2D eigenvalue weighted by Gasteiger charge is -2.26. The number of rotatable bonds is 8. The second kappa shape index (κ2) is 8.76. The minimum Gasteiger partial charge on any atom is -0.388 e. The lowest BCUT2D eigenvalue weighted by atomic mass is 10.0. The zero-order chi connectivity index (χ0) is 21.9. The normalized spacial score (nSPS) is 12.7. The molecule has 0 saturated heterocycles. The van der Waals surface area contributed by atoms with Gasteiger partial charge in [0.15, 0.2) is 6.73 Å². The number of nitrogens with zero attached hydrogens (tertiary/aromatic N) is 3. The standard InChI is InChI=1S/C21H25FN4O4/c1-5-29-12-26-18(17(19(27)30-26)14-6-8-15(22)9-7-14)16-10-11-23-20(25-16)24-13(2)21(3,4)28/h6-11,13,28H,5,12H2,1-4H3,(H,23,24,25)/t13-/m0/s1. The van der Waals surface area contributed by atoms with Gasteiger partial charge in [-0.05, 0) is 51.5 Å². The molecule has 0 radical (unpaired) electrons. The summed E-state index contributed by atoms with van der Waals surface area (Å²) in [5.74, 6) is -0.128. The third-order valence-electron chi connectivity index (χ3n) is 4.73. The van der Waals surface area contributed by atoms with Gasteiger partial charge in [0, 0.05) is 12.8 Å². The summed E-state index contributed by atoms with van der Waals surface area (Å²) in [4.78, 5) is 21.3. The Bertz CT molecular complexity index is 1050. The Labute approximate surface area is 173 Å². The Balaban J connectivity index is 2.11. The van der Waals surface area contributed by atoms with Crippen LogP contribution in [0.5, 0.6) is 0 Å². The van der Waals surface area contributed by atoms with Crippen molar-refractivity contribution >= 4 is 5.95 Å². The topological polar surface area (TPSA) is 102 Å². The van der Waals surface area contributed by atoms with Crippen molar-refractivity contribution in [1.29, 1.82) is 0 Å². The fourth-order valence-electron chi connectivity index (χ4n) is 2.74. The summed E-state index contributed by atoms with van der Waals surface area (Å²) in [6, 6.07) is 6.87. The van der Waals surface area contributed by atoms with Gasteiger partial charge >= 0.3 is 5.63 Å². The molecule has 160 valence electrons. The number of hydrogen-bond acceptors (Lipinski definition) is 7. The van der Waals surface area contributed by atoms with Crippen LogP contribution in [0.3, 0.4) is 0 Å².